The molecule has 0 unspecified atom stereocenters. The summed E-state index contributed by atoms with van der Waals surface area (Å²) in [5.41, 5.74) is 5.28. The number of nitrogens with one attached hydrogen (secondary N) is 1. The van der Waals surface area contributed by atoms with Gasteiger partial charge in [-0.05, 0) is 36.4 Å². The Bertz CT molecular complexity index is 776. The molecule has 22 heavy (non-hydrogen) atoms. The van der Waals surface area contributed by atoms with Crippen molar-refractivity contribution in [3.05, 3.63) is 53.6 Å². The Hall–Kier alpha value is -2.25. The van der Waals surface area contributed by atoms with Gasteiger partial charge in [0.05, 0.1) is 10.6 Å². The maximum absolute atomic E-state index is 12.2. The molecular weight excluding hydrogens is 328 g/mol. The molecule has 3 N–H and O–H groups in total. The van der Waals surface area contributed by atoms with E-state index in [0.717, 1.165) is 0 Å². The first-order valence-corrected chi connectivity index (χ1v) is 8.02. The minimum Gasteiger partial charge on any atom is -0.484 e. The molecule has 0 radical (unpaired) electrons. The molecule has 1 amide bonds. The molecule has 2 aromatic carbocycles. The van der Waals surface area contributed by atoms with Gasteiger partial charge in [0.25, 0.3) is 15.9 Å². The molecule has 6 nitrogen and oxygen atoms in total. The summed E-state index contributed by atoms with van der Waals surface area (Å²) in [6.07, 6.45) is 0. The lowest BCUT2D eigenvalue weighted by molar-refractivity contribution is -0.119. The highest BCUT2D eigenvalue weighted by Gasteiger charge is 2.14. The number of amides is 1. The lowest BCUT2D eigenvalue weighted by Gasteiger charge is -2.10. The van der Waals surface area contributed by atoms with Crippen molar-refractivity contribution in [1.82, 2.24) is 0 Å². The predicted octanol–water partition coefficient (Wildman–Crippen LogP) is 2.00. The number of halogens is 1. The third-order valence-electron chi connectivity index (χ3n) is 2.59. The van der Waals surface area contributed by atoms with E-state index >= 15 is 0 Å². The van der Waals surface area contributed by atoms with E-state index in [-0.39, 0.29) is 11.5 Å². The molecule has 0 atom stereocenters. The van der Waals surface area contributed by atoms with Crippen molar-refractivity contribution >= 4 is 33.2 Å². The maximum Gasteiger partial charge on any atom is 0.261 e. The number of carbonyl (C=O) groups is 1. The summed E-state index contributed by atoms with van der Waals surface area (Å²) in [4.78, 5) is 10.8. The molecule has 0 spiro atoms. The molecule has 0 aromatic heterocycles. The van der Waals surface area contributed by atoms with Crippen LogP contribution in [0.3, 0.4) is 0 Å². The summed E-state index contributed by atoms with van der Waals surface area (Å²) in [7, 11) is -3.73. The summed E-state index contributed by atoms with van der Waals surface area (Å²) in [5, 5.41) is 0.445. The first kappa shape index (κ1) is 16.1. The first-order valence-electron chi connectivity index (χ1n) is 6.16. The molecule has 2 aromatic rings. The number of rotatable bonds is 6. The van der Waals surface area contributed by atoms with E-state index in [1.807, 2.05) is 0 Å². The Kier molecular flexibility index (Phi) is 4.89. The fraction of sp³-hybridized carbons (Fsp3) is 0.0714. The van der Waals surface area contributed by atoms with Crippen LogP contribution in [0.4, 0.5) is 5.69 Å². The maximum atomic E-state index is 12.2. The Labute approximate surface area is 132 Å². The second-order valence-corrected chi connectivity index (χ2v) is 6.46. The van der Waals surface area contributed by atoms with Gasteiger partial charge in [-0.1, -0.05) is 17.7 Å². The van der Waals surface area contributed by atoms with Gasteiger partial charge >= 0.3 is 0 Å². The molecule has 8 heteroatoms. The van der Waals surface area contributed by atoms with Gasteiger partial charge in [0.2, 0.25) is 0 Å². The van der Waals surface area contributed by atoms with Crippen LogP contribution in [0.15, 0.2) is 53.4 Å². The molecule has 0 aliphatic carbocycles. The van der Waals surface area contributed by atoms with Crippen molar-refractivity contribution in [3.63, 3.8) is 0 Å². The topological polar surface area (TPSA) is 98.5 Å². The first-order chi connectivity index (χ1) is 10.4. The van der Waals surface area contributed by atoms with Crippen LogP contribution in [0, 0.1) is 0 Å². The Balaban J connectivity index is 2.17. The molecule has 0 bridgehead atoms. The predicted molar refractivity (Wildman–Crippen MR) is 83.4 cm³/mol. The summed E-state index contributed by atoms with van der Waals surface area (Å²) in [6.45, 7) is -0.284. The molecule has 0 aliphatic rings. The van der Waals surface area contributed by atoms with Crippen molar-refractivity contribution in [2.75, 3.05) is 11.3 Å². The van der Waals surface area contributed by atoms with Crippen molar-refractivity contribution in [2.24, 2.45) is 5.73 Å². The van der Waals surface area contributed by atoms with E-state index in [0.29, 0.717) is 16.5 Å². The fourth-order valence-electron chi connectivity index (χ4n) is 1.63. The van der Waals surface area contributed by atoms with Crippen LogP contribution in [0.25, 0.3) is 0 Å². The average molecular weight is 341 g/mol. The highest BCUT2D eigenvalue weighted by Crippen LogP contribution is 2.21. The standard InChI is InChI=1S/C14H13ClN2O4S/c15-10-4-6-13(7-5-10)22(19,20)17-11-2-1-3-12(8-11)21-9-14(16)18/h1-8,17H,9H2,(H2,16,18). The number of ether oxygens (including phenoxy) is 1. The van der Waals surface area contributed by atoms with Crippen LogP contribution in [0.5, 0.6) is 5.75 Å². The van der Waals surface area contributed by atoms with Gasteiger partial charge in [0, 0.05) is 11.1 Å². The van der Waals surface area contributed by atoms with Gasteiger partial charge in [-0.15, -0.1) is 0 Å². The van der Waals surface area contributed by atoms with Crippen molar-refractivity contribution in [2.45, 2.75) is 4.90 Å². The Morgan fingerprint density at radius 3 is 2.50 bits per heavy atom. The SMILES string of the molecule is NC(=O)COc1cccc(NS(=O)(=O)c2ccc(Cl)cc2)c1. The van der Waals surface area contributed by atoms with Gasteiger partial charge in [0.15, 0.2) is 6.61 Å². The van der Waals surface area contributed by atoms with Crippen molar-refractivity contribution in [3.8, 4) is 5.75 Å². The minimum absolute atomic E-state index is 0.0837. The van der Waals surface area contributed by atoms with E-state index in [1.54, 1.807) is 18.2 Å². The molecule has 0 aliphatic heterocycles. The molecule has 0 heterocycles. The van der Waals surface area contributed by atoms with E-state index in [9.17, 15) is 13.2 Å². The second-order valence-electron chi connectivity index (χ2n) is 4.34. The fourth-order valence-corrected chi connectivity index (χ4v) is 2.81. The van der Waals surface area contributed by atoms with Crippen LogP contribution < -0.4 is 15.2 Å². The number of benzene rings is 2. The van der Waals surface area contributed by atoms with E-state index in [2.05, 4.69) is 4.72 Å². The summed E-state index contributed by atoms with van der Waals surface area (Å²) < 4.78 is 32.0. The Morgan fingerprint density at radius 1 is 1.18 bits per heavy atom. The van der Waals surface area contributed by atoms with Gasteiger partial charge in [-0.3, -0.25) is 9.52 Å². The number of anilines is 1. The lowest BCUT2D eigenvalue weighted by atomic mass is 10.3. The molecule has 0 fully saturated rings. The summed E-state index contributed by atoms with van der Waals surface area (Å²) in [5.74, 6) is -0.290. The number of hydrogen-bond acceptors (Lipinski definition) is 4. The average Bonchev–Trinajstić information content (AvgIpc) is 2.45. The Morgan fingerprint density at radius 2 is 1.86 bits per heavy atom. The summed E-state index contributed by atoms with van der Waals surface area (Å²) in [6, 6.07) is 12.0. The number of hydrogen-bond donors (Lipinski definition) is 2. The monoisotopic (exact) mass is 340 g/mol. The lowest BCUT2D eigenvalue weighted by Crippen LogP contribution is -2.20. The third kappa shape index (κ3) is 4.37. The number of primary amides is 1. The van der Waals surface area contributed by atoms with E-state index in [1.165, 1.54) is 30.3 Å². The highest BCUT2D eigenvalue weighted by molar-refractivity contribution is 7.92. The highest BCUT2D eigenvalue weighted by atomic mass is 35.5. The van der Waals surface area contributed by atoms with Crippen molar-refractivity contribution in [1.29, 1.82) is 0 Å². The smallest absolute Gasteiger partial charge is 0.261 e. The third-order valence-corrected chi connectivity index (χ3v) is 4.24. The number of carbonyl (C=O) groups excluding carboxylic acids is 1. The van der Waals surface area contributed by atoms with E-state index in [4.69, 9.17) is 22.1 Å². The zero-order chi connectivity index (χ0) is 16.2. The summed E-state index contributed by atoms with van der Waals surface area (Å²) >= 11 is 5.73. The van der Waals surface area contributed by atoms with Crippen LogP contribution in [-0.4, -0.2) is 20.9 Å². The van der Waals surface area contributed by atoms with Crippen LogP contribution in [0.1, 0.15) is 0 Å². The van der Waals surface area contributed by atoms with Gasteiger partial charge < -0.3 is 10.5 Å². The number of sulfonamides is 1. The zero-order valence-corrected chi connectivity index (χ0v) is 12.9. The molecular formula is C14H13ClN2O4S. The molecule has 0 saturated carbocycles. The van der Waals surface area contributed by atoms with E-state index < -0.39 is 15.9 Å². The molecule has 116 valence electrons. The van der Waals surface area contributed by atoms with Crippen molar-refractivity contribution < 1.29 is 17.9 Å². The second kappa shape index (κ2) is 6.67. The van der Waals surface area contributed by atoms with Gasteiger partial charge in [-0.25, -0.2) is 8.42 Å². The van der Waals surface area contributed by atoms with Crippen LogP contribution in [0.2, 0.25) is 5.02 Å². The number of nitrogens with two attached hydrogens (primary N) is 1. The van der Waals surface area contributed by atoms with Gasteiger partial charge in [0.1, 0.15) is 5.75 Å². The zero-order valence-electron chi connectivity index (χ0n) is 11.3. The van der Waals surface area contributed by atoms with Gasteiger partial charge in [-0.2, -0.15) is 0 Å². The van der Waals surface area contributed by atoms with Crippen LogP contribution in [-0.2, 0) is 14.8 Å². The quantitative estimate of drug-likeness (QED) is 0.840. The largest absolute Gasteiger partial charge is 0.484 e. The minimum atomic E-state index is -3.73. The van der Waals surface area contributed by atoms with Crippen LogP contribution >= 0.6 is 11.6 Å². The molecule has 0 saturated heterocycles. The normalized spacial score (nSPS) is 11.0. The molecule has 2 rings (SSSR count).